The first-order chi connectivity index (χ1) is 7.76. The molecule has 1 aromatic heterocycles. The summed E-state index contributed by atoms with van der Waals surface area (Å²) in [4.78, 5) is 15.8. The van der Waals surface area contributed by atoms with E-state index in [9.17, 15) is 4.79 Å². The van der Waals surface area contributed by atoms with E-state index in [1.807, 2.05) is 33.8 Å². The normalized spacial score (nSPS) is 11.4. The van der Waals surface area contributed by atoms with Crippen LogP contribution in [0, 0.1) is 13.8 Å². The Balaban J connectivity index is 3.26. The second-order valence-electron chi connectivity index (χ2n) is 4.88. The van der Waals surface area contributed by atoms with Crippen molar-refractivity contribution in [1.82, 2.24) is 4.98 Å². The number of hydrogen-bond donors (Lipinski definition) is 3. The minimum absolute atomic E-state index is 0.336. The Bertz CT molecular complexity index is 440. The number of anilines is 1. The number of amides is 1. The van der Waals surface area contributed by atoms with Gasteiger partial charge in [-0.2, -0.15) is 0 Å². The number of aryl methyl sites for hydroxylation is 2. The van der Waals surface area contributed by atoms with Gasteiger partial charge in [0.25, 0.3) is 5.91 Å². The van der Waals surface area contributed by atoms with E-state index in [4.69, 9.17) is 11.5 Å². The van der Waals surface area contributed by atoms with Crippen molar-refractivity contribution in [1.29, 1.82) is 0 Å². The van der Waals surface area contributed by atoms with Crippen molar-refractivity contribution in [3.05, 3.63) is 22.9 Å². The summed E-state index contributed by atoms with van der Waals surface area (Å²) < 4.78 is 0. The number of carbonyl (C=O) groups excluding carboxylic acids is 1. The van der Waals surface area contributed by atoms with E-state index in [0.717, 1.165) is 11.3 Å². The number of pyridine rings is 1. The predicted octanol–water partition coefficient (Wildman–Crippen LogP) is 0.947. The first kappa shape index (κ1) is 13.4. The summed E-state index contributed by atoms with van der Waals surface area (Å²) in [6, 6.07) is 1.83. The van der Waals surface area contributed by atoms with E-state index in [0.29, 0.717) is 17.9 Å². The average molecular weight is 236 g/mol. The molecule has 0 saturated carbocycles. The zero-order valence-corrected chi connectivity index (χ0v) is 10.8. The number of nitrogens with one attached hydrogen (secondary N) is 1. The number of aromatic nitrogens is 1. The van der Waals surface area contributed by atoms with Crippen molar-refractivity contribution in [3.63, 3.8) is 0 Å². The summed E-state index contributed by atoms with van der Waals surface area (Å²) in [5.74, 6) is 0.0239. The van der Waals surface area contributed by atoms with Crippen LogP contribution >= 0.6 is 0 Å². The molecule has 0 aliphatic rings. The maximum absolute atomic E-state index is 11.4. The Hall–Kier alpha value is -1.62. The Morgan fingerprint density at radius 3 is 2.53 bits per heavy atom. The van der Waals surface area contributed by atoms with Crippen LogP contribution in [0.3, 0.4) is 0 Å². The summed E-state index contributed by atoms with van der Waals surface area (Å²) in [6.45, 7) is 8.03. The molecule has 5 N–H and O–H groups in total. The molecule has 0 radical (unpaired) electrons. The Kier molecular flexibility index (Phi) is 3.72. The van der Waals surface area contributed by atoms with Gasteiger partial charge in [0, 0.05) is 17.8 Å². The molecule has 1 rings (SSSR count). The van der Waals surface area contributed by atoms with Crippen molar-refractivity contribution in [3.8, 4) is 0 Å². The Morgan fingerprint density at radius 1 is 1.47 bits per heavy atom. The number of nitrogens with zero attached hydrogens (tertiary/aromatic N) is 1. The lowest BCUT2D eigenvalue weighted by atomic mass is 10.0. The van der Waals surface area contributed by atoms with Crippen molar-refractivity contribution < 1.29 is 4.79 Å². The quantitative estimate of drug-likeness (QED) is 0.725. The largest absolute Gasteiger partial charge is 0.365 e. The SMILES string of the molecule is Cc1cc(C)c(C(N)=O)c(NC(C)(C)CN)n1. The molecular formula is C12H20N4O. The van der Waals surface area contributed by atoms with Crippen LogP contribution < -0.4 is 16.8 Å². The van der Waals surface area contributed by atoms with E-state index >= 15 is 0 Å². The Labute approximate surface area is 102 Å². The minimum atomic E-state index is -0.481. The maximum atomic E-state index is 11.4. The lowest BCUT2D eigenvalue weighted by Gasteiger charge is -2.26. The molecule has 1 aromatic rings. The zero-order chi connectivity index (χ0) is 13.2. The zero-order valence-electron chi connectivity index (χ0n) is 10.8. The van der Waals surface area contributed by atoms with E-state index in [-0.39, 0.29) is 5.54 Å². The average Bonchev–Trinajstić information content (AvgIpc) is 2.14. The molecule has 0 aliphatic carbocycles. The summed E-state index contributed by atoms with van der Waals surface area (Å²) in [7, 11) is 0. The van der Waals surface area contributed by atoms with E-state index in [1.54, 1.807) is 0 Å². The van der Waals surface area contributed by atoms with Crippen LogP contribution in [-0.2, 0) is 0 Å². The van der Waals surface area contributed by atoms with Crippen molar-refractivity contribution in [2.45, 2.75) is 33.2 Å². The summed E-state index contributed by atoms with van der Waals surface area (Å²) >= 11 is 0. The fraction of sp³-hybridized carbons (Fsp3) is 0.500. The molecular weight excluding hydrogens is 216 g/mol. The maximum Gasteiger partial charge on any atom is 0.252 e. The van der Waals surface area contributed by atoms with E-state index < -0.39 is 5.91 Å². The lowest BCUT2D eigenvalue weighted by Crippen LogP contribution is -2.40. The highest BCUT2D eigenvalue weighted by molar-refractivity contribution is 5.99. The number of nitrogens with two attached hydrogens (primary N) is 2. The molecule has 5 heteroatoms. The second-order valence-corrected chi connectivity index (χ2v) is 4.88. The van der Waals surface area contributed by atoms with Gasteiger partial charge in [0.05, 0.1) is 5.56 Å². The second kappa shape index (κ2) is 4.71. The van der Waals surface area contributed by atoms with Gasteiger partial charge in [-0.25, -0.2) is 4.98 Å². The molecule has 0 spiro atoms. The first-order valence-electron chi connectivity index (χ1n) is 5.53. The molecule has 94 valence electrons. The minimum Gasteiger partial charge on any atom is -0.365 e. The molecule has 1 heterocycles. The monoisotopic (exact) mass is 236 g/mol. The number of rotatable bonds is 4. The molecule has 1 amide bonds. The van der Waals surface area contributed by atoms with Crippen LogP contribution in [0.25, 0.3) is 0 Å². The fourth-order valence-electron chi connectivity index (χ4n) is 1.61. The highest BCUT2D eigenvalue weighted by Crippen LogP contribution is 2.21. The molecule has 0 atom stereocenters. The van der Waals surface area contributed by atoms with Crippen LogP contribution in [0.4, 0.5) is 5.82 Å². The van der Waals surface area contributed by atoms with Gasteiger partial charge >= 0.3 is 0 Å². The van der Waals surface area contributed by atoms with Gasteiger partial charge in [-0.3, -0.25) is 4.79 Å². The van der Waals surface area contributed by atoms with Gasteiger partial charge in [-0.1, -0.05) is 0 Å². The third-order valence-electron chi connectivity index (χ3n) is 2.56. The van der Waals surface area contributed by atoms with Gasteiger partial charge < -0.3 is 16.8 Å². The molecule has 0 bridgehead atoms. The predicted molar refractivity (Wildman–Crippen MR) is 69.0 cm³/mol. The van der Waals surface area contributed by atoms with Crippen LogP contribution in [0.2, 0.25) is 0 Å². The number of carbonyl (C=O) groups is 1. The standard InChI is InChI=1S/C12H20N4O/c1-7-5-8(2)15-11(9(7)10(14)17)16-12(3,4)6-13/h5H,6,13H2,1-4H3,(H2,14,17)(H,15,16). The van der Waals surface area contributed by atoms with E-state index in [2.05, 4.69) is 10.3 Å². The highest BCUT2D eigenvalue weighted by Gasteiger charge is 2.21. The van der Waals surface area contributed by atoms with Crippen LogP contribution in [-0.4, -0.2) is 23.0 Å². The summed E-state index contributed by atoms with van der Waals surface area (Å²) in [5.41, 5.74) is 12.8. The van der Waals surface area contributed by atoms with Crippen molar-refractivity contribution in [2.24, 2.45) is 11.5 Å². The molecule has 0 aromatic carbocycles. The highest BCUT2D eigenvalue weighted by atomic mass is 16.1. The summed E-state index contributed by atoms with van der Waals surface area (Å²) in [6.07, 6.45) is 0. The van der Waals surface area contributed by atoms with Crippen LogP contribution in [0.1, 0.15) is 35.5 Å². The molecule has 5 nitrogen and oxygen atoms in total. The van der Waals surface area contributed by atoms with Gasteiger partial charge in [-0.15, -0.1) is 0 Å². The lowest BCUT2D eigenvalue weighted by molar-refractivity contribution is 0.1000. The first-order valence-corrected chi connectivity index (χ1v) is 5.53. The van der Waals surface area contributed by atoms with Crippen molar-refractivity contribution >= 4 is 11.7 Å². The number of hydrogen-bond acceptors (Lipinski definition) is 4. The molecule has 0 saturated heterocycles. The van der Waals surface area contributed by atoms with Crippen LogP contribution in [0.5, 0.6) is 0 Å². The summed E-state index contributed by atoms with van der Waals surface area (Å²) in [5, 5.41) is 3.16. The molecule has 0 unspecified atom stereocenters. The fourth-order valence-corrected chi connectivity index (χ4v) is 1.61. The van der Waals surface area contributed by atoms with Gasteiger partial charge in [0.15, 0.2) is 0 Å². The Morgan fingerprint density at radius 2 is 2.06 bits per heavy atom. The molecule has 0 aliphatic heterocycles. The topological polar surface area (TPSA) is 94.0 Å². The third kappa shape index (κ3) is 3.17. The molecule has 0 fully saturated rings. The van der Waals surface area contributed by atoms with Gasteiger partial charge in [0.1, 0.15) is 5.82 Å². The van der Waals surface area contributed by atoms with Crippen molar-refractivity contribution in [2.75, 3.05) is 11.9 Å². The number of primary amides is 1. The van der Waals surface area contributed by atoms with Gasteiger partial charge in [0.2, 0.25) is 0 Å². The van der Waals surface area contributed by atoms with Crippen LogP contribution in [0.15, 0.2) is 6.07 Å². The molecule has 17 heavy (non-hydrogen) atoms. The smallest absolute Gasteiger partial charge is 0.252 e. The van der Waals surface area contributed by atoms with Gasteiger partial charge in [-0.05, 0) is 39.3 Å². The van der Waals surface area contributed by atoms with E-state index in [1.165, 1.54) is 0 Å². The third-order valence-corrected chi connectivity index (χ3v) is 2.56.